The summed E-state index contributed by atoms with van der Waals surface area (Å²) < 4.78 is 29.9. The van der Waals surface area contributed by atoms with E-state index >= 15 is 4.39 Å². The van der Waals surface area contributed by atoms with Crippen molar-refractivity contribution < 1.29 is 18.7 Å². The van der Waals surface area contributed by atoms with Crippen molar-refractivity contribution in [1.29, 1.82) is 0 Å². The number of nitrogens with zero attached hydrogens (tertiary/aromatic N) is 3. The van der Waals surface area contributed by atoms with Crippen molar-refractivity contribution in [2.24, 2.45) is 17.8 Å². The van der Waals surface area contributed by atoms with E-state index in [0.29, 0.717) is 22.2 Å². The molecule has 3 saturated carbocycles. The van der Waals surface area contributed by atoms with E-state index in [0.717, 1.165) is 25.7 Å². The van der Waals surface area contributed by atoms with Gasteiger partial charge in [0.05, 0.1) is 11.4 Å². The monoisotopic (exact) mass is 475 g/mol. The van der Waals surface area contributed by atoms with Gasteiger partial charge in [0.1, 0.15) is 17.2 Å². The molecule has 2 aromatic heterocycles. The van der Waals surface area contributed by atoms with Gasteiger partial charge in [-0.25, -0.2) is 18.7 Å². The van der Waals surface area contributed by atoms with E-state index in [-0.39, 0.29) is 29.2 Å². The van der Waals surface area contributed by atoms with Crippen LogP contribution in [0, 0.1) is 29.4 Å². The second-order valence-corrected chi connectivity index (χ2v) is 9.40. The molecule has 178 valence electrons. The smallest absolute Gasteiger partial charge is 0.308 e. The van der Waals surface area contributed by atoms with Crippen LogP contribution in [0.1, 0.15) is 25.7 Å². The number of benzene rings is 2. The number of carbonyl (C=O) groups is 1. The summed E-state index contributed by atoms with van der Waals surface area (Å²) in [7, 11) is 0. The van der Waals surface area contributed by atoms with E-state index in [1.54, 1.807) is 30.3 Å². The number of nitrogens with one attached hydrogen (secondary N) is 2. The van der Waals surface area contributed by atoms with Gasteiger partial charge in [0.2, 0.25) is 0 Å². The van der Waals surface area contributed by atoms with Gasteiger partial charge in [-0.3, -0.25) is 9.89 Å². The minimum absolute atomic E-state index is 0.0613. The van der Waals surface area contributed by atoms with Crippen LogP contribution in [0.15, 0.2) is 48.5 Å². The van der Waals surface area contributed by atoms with Crippen LogP contribution in [0.25, 0.3) is 33.7 Å². The van der Waals surface area contributed by atoms with Gasteiger partial charge in [0.15, 0.2) is 17.5 Å². The first-order valence-electron chi connectivity index (χ1n) is 11.8. The van der Waals surface area contributed by atoms with Gasteiger partial charge in [-0.05, 0) is 55.7 Å². The molecule has 4 aromatic rings. The molecule has 7 nitrogen and oxygen atoms in total. The molecule has 3 aliphatic carbocycles. The van der Waals surface area contributed by atoms with Gasteiger partial charge < -0.3 is 10.4 Å². The first-order valence-corrected chi connectivity index (χ1v) is 11.8. The number of fused-ring (bicyclic) bond motifs is 4. The zero-order chi connectivity index (χ0) is 24.1. The second-order valence-electron chi connectivity index (χ2n) is 9.40. The van der Waals surface area contributed by atoms with Crippen LogP contribution < -0.4 is 5.32 Å². The third-order valence-corrected chi connectivity index (χ3v) is 7.44. The van der Waals surface area contributed by atoms with E-state index in [4.69, 9.17) is 0 Å². The Bertz CT molecular complexity index is 1420. The minimum atomic E-state index is -0.872. The Morgan fingerprint density at radius 1 is 0.971 bits per heavy atom. The number of anilines is 1. The Morgan fingerprint density at radius 3 is 2.46 bits per heavy atom. The van der Waals surface area contributed by atoms with Gasteiger partial charge in [0.25, 0.3) is 0 Å². The highest BCUT2D eigenvalue weighted by Gasteiger charge is 2.47. The molecule has 2 unspecified atom stereocenters. The molecule has 2 aromatic carbocycles. The van der Waals surface area contributed by atoms with Crippen molar-refractivity contribution in [2.75, 3.05) is 5.32 Å². The SMILES string of the molecule is O=C(O)C1C2CCC(CC2)C1Nc1nc(-c2n[nH]c3ccc(F)cc23)nc(-c2ccccc2)c1F. The van der Waals surface area contributed by atoms with Gasteiger partial charge >= 0.3 is 5.97 Å². The highest BCUT2D eigenvalue weighted by Crippen LogP contribution is 2.46. The van der Waals surface area contributed by atoms with Crippen molar-refractivity contribution in [3.8, 4) is 22.8 Å². The quantitative estimate of drug-likeness (QED) is 0.364. The number of hydrogen-bond acceptors (Lipinski definition) is 5. The maximum absolute atomic E-state index is 15.9. The Labute approximate surface area is 199 Å². The van der Waals surface area contributed by atoms with Crippen molar-refractivity contribution in [1.82, 2.24) is 20.2 Å². The summed E-state index contributed by atoms with van der Waals surface area (Å²) in [5.41, 5.74) is 1.50. The lowest BCUT2D eigenvalue weighted by Crippen LogP contribution is -2.51. The molecule has 2 heterocycles. The zero-order valence-electron chi connectivity index (χ0n) is 18.7. The molecule has 7 rings (SSSR count). The lowest BCUT2D eigenvalue weighted by Gasteiger charge is -2.47. The fourth-order valence-electron chi connectivity index (χ4n) is 5.76. The number of aromatic amines is 1. The predicted octanol–water partition coefficient (Wildman–Crippen LogP) is 5.27. The Morgan fingerprint density at radius 2 is 1.71 bits per heavy atom. The normalized spacial score (nSPS) is 23.5. The Hall–Kier alpha value is -3.88. The van der Waals surface area contributed by atoms with Crippen LogP contribution in [0.5, 0.6) is 0 Å². The number of carboxylic acids is 1. The van der Waals surface area contributed by atoms with Crippen LogP contribution in [0.2, 0.25) is 0 Å². The fourth-order valence-corrected chi connectivity index (χ4v) is 5.76. The number of rotatable bonds is 5. The maximum Gasteiger partial charge on any atom is 0.308 e. The number of carboxylic acid groups (broad SMARTS) is 1. The number of aliphatic carboxylic acids is 1. The summed E-state index contributed by atoms with van der Waals surface area (Å²) in [6, 6.07) is 12.6. The van der Waals surface area contributed by atoms with Crippen LogP contribution in [-0.4, -0.2) is 37.3 Å². The van der Waals surface area contributed by atoms with Gasteiger partial charge in [-0.15, -0.1) is 0 Å². The van der Waals surface area contributed by atoms with Crippen molar-refractivity contribution >= 4 is 22.7 Å². The maximum atomic E-state index is 15.9. The summed E-state index contributed by atoms with van der Waals surface area (Å²) in [5.74, 6) is -2.33. The number of hydrogen-bond donors (Lipinski definition) is 3. The van der Waals surface area contributed by atoms with Crippen molar-refractivity contribution in [3.05, 3.63) is 60.2 Å². The molecule has 9 heteroatoms. The van der Waals surface area contributed by atoms with E-state index in [1.807, 2.05) is 6.07 Å². The van der Waals surface area contributed by atoms with Crippen molar-refractivity contribution in [3.63, 3.8) is 0 Å². The van der Waals surface area contributed by atoms with E-state index in [1.165, 1.54) is 12.1 Å². The molecular weight excluding hydrogens is 452 g/mol. The van der Waals surface area contributed by atoms with Gasteiger partial charge in [0, 0.05) is 17.0 Å². The molecule has 3 N–H and O–H groups in total. The number of H-pyrrole nitrogens is 1. The molecule has 0 aliphatic heterocycles. The lowest BCUT2D eigenvalue weighted by molar-refractivity contribution is -0.148. The van der Waals surface area contributed by atoms with Crippen LogP contribution >= 0.6 is 0 Å². The first-order chi connectivity index (χ1) is 17.0. The van der Waals surface area contributed by atoms with E-state index < -0.39 is 29.6 Å². The predicted molar refractivity (Wildman–Crippen MR) is 126 cm³/mol. The van der Waals surface area contributed by atoms with Gasteiger partial charge in [-0.2, -0.15) is 5.10 Å². The molecule has 2 bridgehead atoms. The molecule has 3 aliphatic rings. The largest absolute Gasteiger partial charge is 0.481 e. The average molecular weight is 475 g/mol. The van der Waals surface area contributed by atoms with Crippen molar-refractivity contribution in [2.45, 2.75) is 31.7 Å². The molecule has 0 spiro atoms. The number of aromatic nitrogens is 4. The third-order valence-electron chi connectivity index (χ3n) is 7.44. The van der Waals surface area contributed by atoms with Crippen LogP contribution in [-0.2, 0) is 4.79 Å². The molecule has 0 saturated heterocycles. The van der Waals surface area contributed by atoms with Gasteiger partial charge in [-0.1, -0.05) is 30.3 Å². The van der Waals surface area contributed by atoms with E-state index in [2.05, 4.69) is 25.5 Å². The molecule has 35 heavy (non-hydrogen) atoms. The molecule has 0 radical (unpaired) electrons. The number of halogens is 2. The summed E-state index contributed by atoms with van der Waals surface area (Å²) in [4.78, 5) is 21.1. The molecule has 3 fully saturated rings. The molecule has 2 atom stereocenters. The standard InChI is InChI=1S/C26H23F2N5O2/c27-16-10-11-18-17(12-16)23(33-32-18)25-30-22(14-4-2-1-3-5-14)20(28)24(31-25)29-21-15-8-6-13(7-9-15)19(21)26(34)35/h1-5,10-13,15,19,21H,6-9H2,(H,32,33)(H,34,35)(H,29,30,31). The topological polar surface area (TPSA) is 104 Å². The lowest BCUT2D eigenvalue weighted by atomic mass is 9.61. The highest BCUT2D eigenvalue weighted by molar-refractivity contribution is 5.91. The second kappa shape index (κ2) is 8.41. The summed E-state index contributed by atoms with van der Waals surface area (Å²) in [6.45, 7) is 0. The summed E-state index contributed by atoms with van der Waals surface area (Å²) >= 11 is 0. The van der Waals surface area contributed by atoms with Crippen LogP contribution in [0.4, 0.5) is 14.6 Å². The van der Waals surface area contributed by atoms with Crippen LogP contribution in [0.3, 0.4) is 0 Å². The summed E-state index contributed by atoms with van der Waals surface area (Å²) in [5, 5.41) is 20.7. The Balaban J connectivity index is 1.50. The Kier molecular flexibility index (Phi) is 5.20. The fraction of sp³-hybridized carbons (Fsp3) is 0.308. The molecular formula is C26H23F2N5O2. The molecule has 0 amide bonds. The zero-order valence-corrected chi connectivity index (χ0v) is 18.7. The highest BCUT2D eigenvalue weighted by atomic mass is 19.1. The first kappa shape index (κ1) is 21.6. The minimum Gasteiger partial charge on any atom is -0.481 e. The summed E-state index contributed by atoms with van der Waals surface area (Å²) in [6.07, 6.45) is 3.55. The third kappa shape index (κ3) is 3.71. The van der Waals surface area contributed by atoms with E-state index in [9.17, 15) is 14.3 Å². The average Bonchev–Trinajstić information content (AvgIpc) is 3.29.